The highest BCUT2D eigenvalue weighted by atomic mass is 16.5. The van der Waals surface area contributed by atoms with Crippen LogP contribution in [0.15, 0.2) is 18.3 Å². The Morgan fingerprint density at radius 2 is 2.16 bits per heavy atom. The van der Waals surface area contributed by atoms with Crippen LogP contribution in [0.2, 0.25) is 0 Å². The zero-order valence-electron chi connectivity index (χ0n) is 12.1. The summed E-state index contributed by atoms with van der Waals surface area (Å²) in [6, 6.07) is 3.82. The van der Waals surface area contributed by atoms with Crippen LogP contribution in [0.4, 0.5) is 0 Å². The molecule has 0 aliphatic carbocycles. The maximum Gasteiger partial charge on any atom is 0.221 e. The van der Waals surface area contributed by atoms with E-state index < -0.39 is 0 Å². The van der Waals surface area contributed by atoms with Crippen LogP contribution < -0.4 is 15.4 Å². The standard InChI is InChI=1S/C14H23N3O2/c1-14(2,3)17-12(18)7-9-15-10-11-6-5-8-16-13(11)19-4/h5-6,8,15H,7,9-10H2,1-4H3,(H,17,18). The Morgan fingerprint density at radius 3 is 2.79 bits per heavy atom. The molecule has 2 N–H and O–H groups in total. The summed E-state index contributed by atoms with van der Waals surface area (Å²) in [6.07, 6.45) is 2.15. The number of aromatic nitrogens is 1. The molecule has 0 bridgehead atoms. The van der Waals surface area contributed by atoms with Crippen LogP contribution in [0, 0.1) is 0 Å². The van der Waals surface area contributed by atoms with Crippen LogP contribution in [0.3, 0.4) is 0 Å². The number of ether oxygens (including phenoxy) is 1. The molecule has 1 aromatic rings. The van der Waals surface area contributed by atoms with Crippen LogP contribution in [0.25, 0.3) is 0 Å². The van der Waals surface area contributed by atoms with E-state index in [-0.39, 0.29) is 11.4 Å². The van der Waals surface area contributed by atoms with Crippen molar-refractivity contribution in [1.82, 2.24) is 15.6 Å². The quantitative estimate of drug-likeness (QED) is 0.765. The topological polar surface area (TPSA) is 63.2 Å². The summed E-state index contributed by atoms with van der Waals surface area (Å²) in [6.45, 7) is 7.18. The molecule has 1 heterocycles. The van der Waals surface area contributed by atoms with Gasteiger partial charge in [0.2, 0.25) is 11.8 Å². The van der Waals surface area contributed by atoms with Crippen molar-refractivity contribution in [2.45, 2.75) is 39.3 Å². The lowest BCUT2D eigenvalue weighted by molar-refractivity contribution is -0.122. The van der Waals surface area contributed by atoms with E-state index in [0.29, 0.717) is 25.4 Å². The van der Waals surface area contributed by atoms with Gasteiger partial charge in [-0.05, 0) is 26.8 Å². The molecule has 0 atom stereocenters. The first-order valence-corrected chi connectivity index (χ1v) is 6.42. The first-order valence-electron chi connectivity index (χ1n) is 6.42. The lowest BCUT2D eigenvalue weighted by Gasteiger charge is -2.20. The van der Waals surface area contributed by atoms with Gasteiger partial charge < -0.3 is 15.4 Å². The van der Waals surface area contributed by atoms with Crippen molar-refractivity contribution < 1.29 is 9.53 Å². The average Bonchev–Trinajstić information content (AvgIpc) is 2.33. The van der Waals surface area contributed by atoms with E-state index in [1.807, 2.05) is 32.9 Å². The number of hydrogen-bond donors (Lipinski definition) is 2. The Bertz CT molecular complexity index is 413. The molecule has 1 aromatic heterocycles. The van der Waals surface area contributed by atoms with E-state index in [0.717, 1.165) is 5.56 Å². The summed E-state index contributed by atoms with van der Waals surface area (Å²) in [5, 5.41) is 6.14. The zero-order valence-corrected chi connectivity index (χ0v) is 12.1. The van der Waals surface area contributed by atoms with E-state index in [9.17, 15) is 4.79 Å². The molecule has 0 fully saturated rings. The van der Waals surface area contributed by atoms with Crippen molar-refractivity contribution in [3.63, 3.8) is 0 Å². The van der Waals surface area contributed by atoms with Gasteiger partial charge in [0, 0.05) is 36.8 Å². The highest BCUT2D eigenvalue weighted by molar-refractivity contribution is 5.76. The van der Waals surface area contributed by atoms with Gasteiger partial charge in [0.1, 0.15) is 0 Å². The number of nitrogens with zero attached hydrogens (tertiary/aromatic N) is 1. The zero-order chi connectivity index (χ0) is 14.3. The Kier molecular flexibility index (Phi) is 5.76. The Balaban J connectivity index is 2.29. The van der Waals surface area contributed by atoms with Gasteiger partial charge in [-0.15, -0.1) is 0 Å². The Morgan fingerprint density at radius 1 is 1.42 bits per heavy atom. The third-order valence-electron chi connectivity index (χ3n) is 2.40. The molecule has 0 unspecified atom stereocenters. The normalized spacial score (nSPS) is 11.2. The minimum Gasteiger partial charge on any atom is -0.481 e. The van der Waals surface area contributed by atoms with Gasteiger partial charge in [0.05, 0.1) is 7.11 Å². The van der Waals surface area contributed by atoms with Gasteiger partial charge in [-0.3, -0.25) is 4.79 Å². The number of nitrogens with one attached hydrogen (secondary N) is 2. The van der Waals surface area contributed by atoms with Crippen molar-refractivity contribution in [1.29, 1.82) is 0 Å². The number of pyridine rings is 1. The second-order valence-corrected chi connectivity index (χ2v) is 5.40. The minimum absolute atomic E-state index is 0.0538. The SMILES string of the molecule is COc1ncccc1CNCCC(=O)NC(C)(C)C. The monoisotopic (exact) mass is 265 g/mol. The maximum atomic E-state index is 11.6. The van der Waals surface area contributed by atoms with Gasteiger partial charge in [0.15, 0.2) is 0 Å². The van der Waals surface area contributed by atoms with E-state index >= 15 is 0 Å². The summed E-state index contributed by atoms with van der Waals surface area (Å²) in [5.41, 5.74) is 0.810. The van der Waals surface area contributed by atoms with Crippen molar-refractivity contribution in [3.8, 4) is 5.88 Å². The molecule has 0 spiro atoms. The van der Waals surface area contributed by atoms with Gasteiger partial charge in [0.25, 0.3) is 0 Å². The summed E-state index contributed by atoms with van der Waals surface area (Å²) < 4.78 is 5.16. The predicted octanol–water partition coefficient (Wildman–Crippen LogP) is 1.48. The number of rotatable bonds is 6. The lowest BCUT2D eigenvalue weighted by atomic mass is 10.1. The van der Waals surface area contributed by atoms with Crippen molar-refractivity contribution in [2.75, 3.05) is 13.7 Å². The molecule has 106 valence electrons. The van der Waals surface area contributed by atoms with Gasteiger partial charge in [-0.25, -0.2) is 4.98 Å². The highest BCUT2D eigenvalue weighted by Gasteiger charge is 2.12. The molecular formula is C14H23N3O2. The third-order valence-corrected chi connectivity index (χ3v) is 2.40. The van der Waals surface area contributed by atoms with Crippen LogP contribution in [0.1, 0.15) is 32.8 Å². The molecule has 0 aliphatic rings. The summed E-state index contributed by atoms with van der Waals surface area (Å²) in [4.78, 5) is 15.7. The predicted molar refractivity (Wildman–Crippen MR) is 75.0 cm³/mol. The molecular weight excluding hydrogens is 242 g/mol. The Labute approximate surface area is 114 Å². The lowest BCUT2D eigenvalue weighted by Crippen LogP contribution is -2.41. The highest BCUT2D eigenvalue weighted by Crippen LogP contribution is 2.12. The number of carbonyl (C=O) groups is 1. The van der Waals surface area contributed by atoms with Gasteiger partial charge >= 0.3 is 0 Å². The van der Waals surface area contributed by atoms with E-state index in [1.165, 1.54) is 0 Å². The fourth-order valence-corrected chi connectivity index (χ4v) is 1.65. The first kappa shape index (κ1) is 15.4. The van der Waals surface area contributed by atoms with E-state index in [2.05, 4.69) is 15.6 Å². The molecule has 0 aromatic carbocycles. The largest absolute Gasteiger partial charge is 0.481 e. The molecule has 0 saturated heterocycles. The number of amides is 1. The summed E-state index contributed by atoms with van der Waals surface area (Å²) in [7, 11) is 1.60. The second-order valence-electron chi connectivity index (χ2n) is 5.40. The van der Waals surface area contributed by atoms with Gasteiger partial charge in [-0.2, -0.15) is 0 Å². The Hall–Kier alpha value is -1.62. The average molecular weight is 265 g/mol. The molecule has 19 heavy (non-hydrogen) atoms. The molecule has 1 rings (SSSR count). The van der Waals surface area contributed by atoms with E-state index in [1.54, 1.807) is 13.3 Å². The molecule has 0 aliphatic heterocycles. The van der Waals surface area contributed by atoms with Crippen LogP contribution in [-0.4, -0.2) is 30.1 Å². The molecule has 5 heteroatoms. The van der Waals surface area contributed by atoms with Crippen LogP contribution in [-0.2, 0) is 11.3 Å². The number of hydrogen-bond acceptors (Lipinski definition) is 4. The second kappa shape index (κ2) is 7.09. The minimum atomic E-state index is -0.177. The van der Waals surface area contributed by atoms with Crippen molar-refractivity contribution in [2.24, 2.45) is 0 Å². The molecule has 0 radical (unpaired) electrons. The van der Waals surface area contributed by atoms with Crippen molar-refractivity contribution in [3.05, 3.63) is 23.9 Å². The summed E-state index contributed by atoms with van der Waals surface area (Å²) in [5.74, 6) is 0.673. The molecule has 1 amide bonds. The fraction of sp³-hybridized carbons (Fsp3) is 0.571. The van der Waals surface area contributed by atoms with Crippen LogP contribution in [0.5, 0.6) is 5.88 Å². The molecule has 0 saturated carbocycles. The third kappa shape index (κ3) is 6.20. The first-order chi connectivity index (χ1) is 8.92. The fourth-order valence-electron chi connectivity index (χ4n) is 1.65. The number of methoxy groups -OCH3 is 1. The summed E-state index contributed by atoms with van der Waals surface area (Å²) >= 11 is 0. The van der Waals surface area contributed by atoms with Crippen LogP contribution >= 0.6 is 0 Å². The van der Waals surface area contributed by atoms with E-state index in [4.69, 9.17) is 4.74 Å². The maximum absolute atomic E-state index is 11.6. The van der Waals surface area contributed by atoms with Crippen molar-refractivity contribution >= 4 is 5.91 Å². The van der Waals surface area contributed by atoms with Gasteiger partial charge in [-0.1, -0.05) is 6.07 Å². The molecule has 5 nitrogen and oxygen atoms in total. The number of carbonyl (C=O) groups excluding carboxylic acids is 1. The smallest absolute Gasteiger partial charge is 0.221 e.